The molecule has 0 spiro atoms. The quantitative estimate of drug-likeness (QED) is 0.0354. The highest BCUT2D eigenvalue weighted by Crippen LogP contribution is 2.37. The summed E-state index contributed by atoms with van der Waals surface area (Å²) < 4.78 is 55.1. The highest BCUT2D eigenvalue weighted by molar-refractivity contribution is 8.40. The Hall–Kier alpha value is -2.44. The van der Waals surface area contributed by atoms with Crippen LogP contribution in [-0.4, -0.2) is 78.6 Å². The Balaban J connectivity index is 1.94. The zero-order valence-corrected chi connectivity index (χ0v) is 35.0. The summed E-state index contributed by atoms with van der Waals surface area (Å²) in [5.41, 5.74) is 1.30. The topological polar surface area (TPSA) is 108 Å². The predicted octanol–water partition coefficient (Wildman–Crippen LogP) is 9.36. The molecule has 0 N–H and O–H groups in total. The Labute approximate surface area is 319 Å². The lowest BCUT2D eigenvalue weighted by Crippen LogP contribution is -2.39. The summed E-state index contributed by atoms with van der Waals surface area (Å²) in [6, 6.07) is 13.2. The molecule has 0 aliphatic carbocycles. The molecular formula is C39H59O10PSSi. The Morgan fingerprint density at radius 2 is 1.81 bits per heavy atom. The van der Waals surface area contributed by atoms with Crippen molar-refractivity contribution < 1.29 is 46.9 Å². The van der Waals surface area contributed by atoms with E-state index in [1.807, 2.05) is 52.0 Å². The van der Waals surface area contributed by atoms with Crippen LogP contribution in [-0.2, 0) is 27.9 Å². The lowest BCUT2D eigenvalue weighted by Gasteiger charge is -2.28. The molecule has 0 saturated carbocycles. The Morgan fingerprint density at radius 1 is 1.06 bits per heavy atom. The molecule has 2 aromatic rings. The summed E-state index contributed by atoms with van der Waals surface area (Å²) in [5, 5.41) is 0. The summed E-state index contributed by atoms with van der Waals surface area (Å²) in [5.74, 6) is -0.875. The molecule has 1 aliphatic heterocycles. The third-order valence-corrected chi connectivity index (χ3v) is 11.0. The van der Waals surface area contributed by atoms with E-state index >= 15 is 0 Å². The van der Waals surface area contributed by atoms with Gasteiger partial charge in [-0.2, -0.15) is 0 Å². The molecule has 0 radical (unpaired) electrons. The molecule has 13 heteroatoms. The molecule has 1 saturated heterocycles. The minimum absolute atomic E-state index is 0.0599. The monoisotopic (exact) mass is 780 g/mol. The van der Waals surface area contributed by atoms with Gasteiger partial charge in [0.05, 0.1) is 32.3 Å². The molecule has 1 heterocycles. The van der Waals surface area contributed by atoms with E-state index in [0.717, 1.165) is 24.1 Å². The van der Waals surface area contributed by atoms with Crippen LogP contribution in [0.2, 0.25) is 25.7 Å². The van der Waals surface area contributed by atoms with E-state index < -0.39 is 44.1 Å². The second-order valence-corrected chi connectivity index (χ2v) is 21.2. The average molecular weight is 781 g/mol. The number of carbonyl (C=O) groups is 2. The molecule has 10 nitrogen and oxygen atoms in total. The van der Waals surface area contributed by atoms with Crippen molar-refractivity contribution in [1.29, 1.82) is 1.28 Å². The molecular weight excluding hydrogens is 720 g/mol. The van der Waals surface area contributed by atoms with E-state index in [1.165, 1.54) is 7.11 Å². The summed E-state index contributed by atoms with van der Waals surface area (Å²) >= 11 is 1.14. The number of ether oxygens (including phenoxy) is 7. The maximum atomic E-state index is 13.6. The van der Waals surface area contributed by atoms with Gasteiger partial charge in [0, 0.05) is 32.9 Å². The Kier molecular flexibility index (Phi) is 17.4. The van der Waals surface area contributed by atoms with Crippen molar-refractivity contribution in [3.05, 3.63) is 65.2 Å². The van der Waals surface area contributed by atoms with Gasteiger partial charge in [-0.05, 0) is 90.6 Å². The summed E-state index contributed by atoms with van der Waals surface area (Å²) in [4.78, 5) is 27.0. The first-order valence-electron chi connectivity index (χ1n) is 18.5. The SMILES string of the molecule is [3H]PSO[C@@H](C)[C@H](C)CCC(OC(=O)c1ccccc1)[C@H]1OC(C)(C)O[C@@H]1C/C=C/c1cc(OCCC)cc(OCOC)c1C(=O)OCC[Si](C)(C)C. The first-order valence-corrected chi connectivity index (χ1v) is 23.7. The highest BCUT2D eigenvalue weighted by atomic mass is 32.7. The summed E-state index contributed by atoms with van der Waals surface area (Å²) in [7, 11) is -0.0445. The molecule has 3 rings (SSSR count). The number of hydrogen-bond donors (Lipinski definition) is 0. The summed E-state index contributed by atoms with van der Waals surface area (Å²) in [6.07, 6.45) is 4.39. The molecule has 2 unspecified atom stereocenters. The van der Waals surface area contributed by atoms with Gasteiger partial charge in [-0.25, -0.2) is 9.59 Å². The molecule has 1 aliphatic rings. The standard InChI is InChI=1S/C39H59O10PSSi/c1-10-21-43-31-24-30(35(34(25-31)45-26-42-6)38(41)44-22-23-52(7,8)9)17-14-18-33-36(48-39(4,5)47-33)32(20-19-27(2)28(3)49-51-50)46-37(40)29-15-12-11-13-16-29/h11-17,24-25,27-28,32-33,36H,10,18-23,26,50H2,1-9H3/b17-14+/t27-,28+,32?,33-,36-/m1/s1/i50T/t27-,28+,32?,33-,36-,50?. The van der Waals surface area contributed by atoms with Gasteiger partial charge in [-0.3, -0.25) is 0 Å². The van der Waals surface area contributed by atoms with E-state index in [4.69, 9.17) is 38.6 Å². The molecule has 1 fully saturated rings. The van der Waals surface area contributed by atoms with Crippen LogP contribution >= 0.6 is 20.0 Å². The molecule has 0 amide bonds. The molecule has 2 aromatic carbocycles. The van der Waals surface area contributed by atoms with Gasteiger partial charge in [0.2, 0.25) is 0 Å². The number of esters is 2. The lowest BCUT2D eigenvalue weighted by atomic mass is 9.94. The van der Waals surface area contributed by atoms with Crippen LogP contribution < -0.4 is 9.47 Å². The van der Waals surface area contributed by atoms with Crippen LogP contribution in [0.25, 0.3) is 6.08 Å². The van der Waals surface area contributed by atoms with Gasteiger partial charge in [0.15, 0.2) is 12.6 Å². The van der Waals surface area contributed by atoms with E-state index in [1.54, 1.807) is 30.3 Å². The van der Waals surface area contributed by atoms with Gasteiger partial charge in [-0.1, -0.05) is 63.8 Å². The fourth-order valence-corrected chi connectivity index (χ4v) is 7.13. The van der Waals surface area contributed by atoms with Crippen LogP contribution in [0.5, 0.6) is 11.5 Å². The zero-order chi connectivity index (χ0) is 39.0. The molecule has 290 valence electrons. The van der Waals surface area contributed by atoms with E-state index in [-0.39, 0.29) is 32.8 Å². The van der Waals surface area contributed by atoms with Crippen LogP contribution in [0, 0.1) is 5.92 Å². The number of methoxy groups -OCH3 is 1. The van der Waals surface area contributed by atoms with Crippen molar-refractivity contribution in [2.75, 3.05) is 27.1 Å². The predicted molar refractivity (Wildman–Crippen MR) is 213 cm³/mol. The zero-order valence-electron chi connectivity index (χ0n) is 33.2. The number of benzene rings is 2. The molecule has 0 aromatic heterocycles. The van der Waals surface area contributed by atoms with Gasteiger partial charge < -0.3 is 37.3 Å². The lowest BCUT2D eigenvalue weighted by molar-refractivity contribution is -0.156. The van der Waals surface area contributed by atoms with Crippen LogP contribution in [0.1, 0.15) is 86.6 Å². The fraction of sp³-hybridized carbons (Fsp3) is 0.590. The van der Waals surface area contributed by atoms with E-state index in [9.17, 15) is 9.59 Å². The van der Waals surface area contributed by atoms with Gasteiger partial charge in [-0.15, -0.1) is 0 Å². The van der Waals surface area contributed by atoms with Crippen molar-refractivity contribution in [2.45, 2.75) is 116 Å². The fourth-order valence-electron chi connectivity index (χ4n) is 5.61. The van der Waals surface area contributed by atoms with Crippen molar-refractivity contribution in [2.24, 2.45) is 5.92 Å². The Bertz CT molecular complexity index is 1460. The molecule has 6 atom stereocenters. The van der Waals surface area contributed by atoms with Crippen molar-refractivity contribution in [1.82, 2.24) is 0 Å². The second kappa shape index (κ2) is 21.4. The average Bonchev–Trinajstić information content (AvgIpc) is 3.43. The second-order valence-electron chi connectivity index (χ2n) is 14.8. The maximum absolute atomic E-state index is 13.6. The number of carbonyl (C=O) groups excluding carboxylic acids is 2. The van der Waals surface area contributed by atoms with Crippen LogP contribution in [0.3, 0.4) is 0 Å². The third-order valence-electron chi connectivity index (χ3n) is 8.63. The Morgan fingerprint density at radius 3 is 2.48 bits per heavy atom. The van der Waals surface area contributed by atoms with Crippen molar-refractivity contribution in [3.8, 4) is 11.5 Å². The minimum atomic E-state index is -1.45. The maximum Gasteiger partial charge on any atom is 0.342 e. The van der Waals surface area contributed by atoms with Gasteiger partial charge in [0.1, 0.15) is 29.3 Å². The highest BCUT2D eigenvalue weighted by Gasteiger charge is 2.46. The van der Waals surface area contributed by atoms with Gasteiger partial charge >= 0.3 is 11.9 Å². The largest absolute Gasteiger partial charge is 0.493 e. The van der Waals surface area contributed by atoms with Gasteiger partial charge in [0.25, 0.3) is 0 Å². The van der Waals surface area contributed by atoms with Crippen molar-refractivity contribution in [3.63, 3.8) is 0 Å². The smallest absolute Gasteiger partial charge is 0.342 e. The normalized spacial score (nSPS) is 19.4. The number of hydrogen-bond acceptors (Lipinski definition) is 11. The third kappa shape index (κ3) is 14.4. The minimum Gasteiger partial charge on any atom is -0.493 e. The first-order chi connectivity index (χ1) is 25.2. The van der Waals surface area contributed by atoms with E-state index in [0.29, 0.717) is 55.1 Å². The molecule has 0 bridgehead atoms. The summed E-state index contributed by atoms with van der Waals surface area (Å²) in [6.45, 7) is 17.2. The van der Waals surface area contributed by atoms with Crippen LogP contribution in [0.15, 0.2) is 48.5 Å². The number of rotatable bonds is 23. The van der Waals surface area contributed by atoms with E-state index in [2.05, 4.69) is 26.6 Å². The van der Waals surface area contributed by atoms with Crippen LogP contribution in [0.4, 0.5) is 0 Å². The van der Waals surface area contributed by atoms with Crippen molar-refractivity contribution >= 4 is 46.1 Å². The first kappa shape index (κ1) is 42.3. The molecule has 52 heavy (non-hydrogen) atoms.